The molecule has 5 nitrogen and oxygen atoms in total. The van der Waals surface area contributed by atoms with Crippen LogP contribution in [0.2, 0.25) is 5.15 Å². The standard InChI is InChI=1S/C15H22ClN3O2/c1-5-13(20)19(9-11-8-17-18(3)14(11)16)12(10-21-4)15(2)6-7-15/h5,8,12H,1,6-7,9-10H2,2-4H3. The van der Waals surface area contributed by atoms with Crippen LogP contribution >= 0.6 is 11.6 Å². The Hall–Kier alpha value is -1.33. The van der Waals surface area contributed by atoms with E-state index >= 15 is 0 Å². The van der Waals surface area contributed by atoms with Crippen molar-refractivity contribution in [1.82, 2.24) is 14.7 Å². The van der Waals surface area contributed by atoms with Gasteiger partial charge >= 0.3 is 0 Å². The zero-order valence-electron chi connectivity index (χ0n) is 12.8. The molecule has 1 saturated carbocycles. The lowest BCUT2D eigenvalue weighted by atomic mass is 9.97. The van der Waals surface area contributed by atoms with Crippen LogP contribution in [0.3, 0.4) is 0 Å². The van der Waals surface area contributed by atoms with Gasteiger partial charge in [0.1, 0.15) is 5.15 Å². The van der Waals surface area contributed by atoms with E-state index in [1.807, 2.05) is 0 Å². The van der Waals surface area contributed by atoms with E-state index in [2.05, 4.69) is 18.6 Å². The molecule has 21 heavy (non-hydrogen) atoms. The quantitative estimate of drug-likeness (QED) is 0.727. The van der Waals surface area contributed by atoms with Crippen LogP contribution in [0.25, 0.3) is 0 Å². The van der Waals surface area contributed by atoms with Crippen LogP contribution in [0.15, 0.2) is 18.9 Å². The molecule has 1 aromatic rings. The Morgan fingerprint density at radius 3 is 2.81 bits per heavy atom. The van der Waals surface area contributed by atoms with Crippen molar-refractivity contribution in [3.05, 3.63) is 29.6 Å². The molecule has 116 valence electrons. The summed E-state index contributed by atoms with van der Waals surface area (Å²) in [6, 6.07) is 0.0178. The number of aromatic nitrogens is 2. The molecule has 6 heteroatoms. The number of methoxy groups -OCH3 is 1. The number of amides is 1. The van der Waals surface area contributed by atoms with Crippen LogP contribution in [0.5, 0.6) is 0 Å². The minimum Gasteiger partial charge on any atom is -0.383 e. The normalized spacial score (nSPS) is 17.3. The number of halogens is 1. The summed E-state index contributed by atoms with van der Waals surface area (Å²) in [6.07, 6.45) is 5.24. The van der Waals surface area contributed by atoms with Crippen molar-refractivity contribution in [2.75, 3.05) is 13.7 Å². The molecule has 0 radical (unpaired) electrons. The highest BCUT2D eigenvalue weighted by molar-refractivity contribution is 6.30. The van der Waals surface area contributed by atoms with E-state index in [0.717, 1.165) is 18.4 Å². The molecule has 0 N–H and O–H groups in total. The first-order valence-corrected chi connectivity index (χ1v) is 7.39. The van der Waals surface area contributed by atoms with Crippen molar-refractivity contribution in [2.45, 2.75) is 32.4 Å². The molecule has 1 unspecified atom stereocenters. The van der Waals surface area contributed by atoms with Crippen molar-refractivity contribution in [3.63, 3.8) is 0 Å². The van der Waals surface area contributed by atoms with Gasteiger partial charge in [-0.15, -0.1) is 0 Å². The number of rotatable bonds is 7. The predicted molar refractivity (Wildman–Crippen MR) is 82.0 cm³/mol. The highest BCUT2D eigenvalue weighted by atomic mass is 35.5. The maximum absolute atomic E-state index is 12.3. The minimum absolute atomic E-state index is 0.0178. The highest BCUT2D eigenvalue weighted by Gasteiger charge is 2.48. The molecule has 2 rings (SSSR count). The Balaban J connectivity index is 2.27. The molecular weight excluding hydrogens is 290 g/mol. The van der Waals surface area contributed by atoms with Gasteiger partial charge in [-0.25, -0.2) is 0 Å². The van der Waals surface area contributed by atoms with Crippen LogP contribution in [0, 0.1) is 5.41 Å². The molecule has 1 fully saturated rings. The topological polar surface area (TPSA) is 47.4 Å². The maximum Gasteiger partial charge on any atom is 0.246 e. The monoisotopic (exact) mass is 311 g/mol. The van der Waals surface area contributed by atoms with Crippen molar-refractivity contribution in [1.29, 1.82) is 0 Å². The van der Waals surface area contributed by atoms with Crippen molar-refractivity contribution >= 4 is 17.5 Å². The van der Waals surface area contributed by atoms with Crippen LogP contribution in [0.4, 0.5) is 0 Å². The molecule has 0 spiro atoms. The number of carbonyl (C=O) groups excluding carboxylic acids is 1. The second-order valence-electron chi connectivity index (χ2n) is 5.88. The Morgan fingerprint density at radius 1 is 1.71 bits per heavy atom. The van der Waals surface area contributed by atoms with Gasteiger partial charge in [0.05, 0.1) is 25.4 Å². The Morgan fingerprint density at radius 2 is 2.38 bits per heavy atom. The molecule has 0 saturated heterocycles. The van der Waals surface area contributed by atoms with Gasteiger partial charge in [0, 0.05) is 19.7 Å². The highest BCUT2D eigenvalue weighted by Crippen LogP contribution is 2.50. The first kappa shape index (κ1) is 16.0. The number of aryl methyl sites for hydroxylation is 1. The van der Waals surface area contributed by atoms with Gasteiger partial charge in [-0.1, -0.05) is 25.1 Å². The zero-order valence-corrected chi connectivity index (χ0v) is 13.6. The summed E-state index contributed by atoms with van der Waals surface area (Å²) in [5, 5.41) is 4.68. The predicted octanol–water partition coefficient (Wildman–Crippen LogP) is 2.40. The third-order valence-electron chi connectivity index (χ3n) is 4.28. The molecular formula is C15H22ClN3O2. The Bertz CT molecular complexity index is 537. The third kappa shape index (κ3) is 3.30. The van der Waals surface area contributed by atoms with Gasteiger partial charge in [0.25, 0.3) is 0 Å². The lowest BCUT2D eigenvalue weighted by molar-refractivity contribution is -0.132. The number of nitrogens with zero attached hydrogens (tertiary/aromatic N) is 3. The number of carbonyl (C=O) groups is 1. The first-order chi connectivity index (χ1) is 9.92. The SMILES string of the molecule is C=CC(=O)N(Cc1cnn(C)c1Cl)C(COC)C1(C)CC1. The summed E-state index contributed by atoms with van der Waals surface area (Å²) >= 11 is 6.22. The van der Waals surface area contributed by atoms with Crippen molar-refractivity contribution in [2.24, 2.45) is 12.5 Å². The van der Waals surface area contributed by atoms with Gasteiger partial charge in [-0.3, -0.25) is 9.48 Å². The summed E-state index contributed by atoms with van der Waals surface area (Å²) in [5.41, 5.74) is 0.948. The molecule has 0 bridgehead atoms. The van der Waals surface area contributed by atoms with E-state index in [-0.39, 0.29) is 17.4 Å². The zero-order chi connectivity index (χ0) is 15.6. The molecule has 0 aromatic carbocycles. The molecule has 1 aliphatic carbocycles. The van der Waals surface area contributed by atoms with Crippen molar-refractivity contribution in [3.8, 4) is 0 Å². The van der Waals surface area contributed by atoms with Crippen LogP contribution < -0.4 is 0 Å². The van der Waals surface area contributed by atoms with Gasteiger partial charge < -0.3 is 9.64 Å². The minimum atomic E-state index is -0.106. The van der Waals surface area contributed by atoms with E-state index in [1.54, 1.807) is 29.9 Å². The fraction of sp³-hybridized carbons (Fsp3) is 0.600. The lowest BCUT2D eigenvalue weighted by Gasteiger charge is -2.35. The molecule has 1 amide bonds. The number of hydrogen-bond donors (Lipinski definition) is 0. The summed E-state index contributed by atoms with van der Waals surface area (Å²) in [6.45, 7) is 6.72. The summed E-state index contributed by atoms with van der Waals surface area (Å²) in [4.78, 5) is 14.1. The molecule has 1 atom stereocenters. The van der Waals surface area contributed by atoms with E-state index in [0.29, 0.717) is 18.3 Å². The lowest BCUT2D eigenvalue weighted by Crippen LogP contribution is -2.46. The number of hydrogen-bond acceptors (Lipinski definition) is 3. The summed E-state index contributed by atoms with van der Waals surface area (Å²) in [7, 11) is 3.44. The van der Waals surface area contributed by atoms with E-state index in [4.69, 9.17) is 16.3 Å². The largest absolute Gasteiger partial charge is 0.383 e. The van der Waals surface area contributed by atoms with Crippen LogP contribution in [-0.4, -0.2) is 40.3 Å². The maximum atomic E-state index is 12.3. The van der Waals surface area contributed by atoms with Gasteiger partial charge in [0.15, 0.2) is 0 Å². The average molecular weight is 312 g/mol. The van der Waals surface area contributed by atoms with Gasteiger partial charge in [0.2, 0.25) is 5.91 Å². The molecule has 0 aliphatic heterocycles. The Kier molecular flexibility index (Phi) is 4.74. The fourth-order valence-electron chi connectivity index (χ4n) is 2.57. The second-order valence-corrected chi connectivity index (χ2v) is 6.24. The van der Waals surface area contributed by atoms with Crippen LogP contribution in [0.1, 0.15) is 25.3 Å². The summed E-state index contributed by atoms with van der Waals surface area (Å²) in [5.74, 6) is -0.106. The van der Waals surface area contributed by atoms with E-state index in [1.165, 1.54) is 6.08 Å². The molecule has 1 heterocycles. The van der Waals surface area contributed by atoms with Crippen molar-refractivity contribution < 1.29 is 9.53 Å². The molecule has 1 aromatic heterocycles. The van der Waals surface area contributed by atoms with Crippen LogP contribution in [-0.2, 0) is 23.1 Å². The van der Waals surface area contributed by atoms with Gasteiger partial charge in [-0.2, -0.15) is 5.10 Å². The summed E-state index contributed by atoms with van der Waals surface area (Å²) < 4.78 is 6.93. The second kappa shape index (κ2) is 6.20. The smallest absolute Gasteiger partial charge is 0.246 e. The Labute approximate surface area is 130 Å². The fourth-order valence-corrected chi connectivity index (χ4v) is 2.72. The first-order valence-electron chi connectivity index (χ1n) is 7.01. The third-order valence-corrected chi connectivity index (χ3v) is 4.77. The van der Waals surface area contributed by atoms with E-state index < -0.39 is 0 Å². The average Bonchev–Trinajstić information content (AvgIpc) is 3.14. The van der Waals surface area contributed by atoms with Gasteiger partial charge in [-0.05, 0) is 24.3 Å². The molecule has 1 aliphatic rings. The number of ether oxygens (including phenoxy) is 1. The van der Waals surface area contributed by atoms with E-state index in [9.17, 15) is 4.79 Å².